The summed E-state index contributed by atoms with van der Waals surface area (Å²) in [4.78, 5) is 22.1. The van der Waals surface area contributed by atoms with E-state index in [1.54, 1.807) is 13.8 Å². The van der Waals surface area contributed by atoms with Gasteiger partial charge in [0.05, 0.1) is 22.5 Å². The number of amides is 1. The van der Waals surface area contributed by atoms with E-state index >= 15 is 0 Å². The van der Waals surface area contributed by atoms with Crippen LogP contribution in [0, 0.1) is 5.41 Å². The second-order valence-corrected chi connectivity index (χ2v) is 4.32. The molecule has 0 heterocycles. The van der Waals surface area contributed by atoms with Gasteiger partial charge in [0.1, 0.15) is 6.10 Å². The van der Waals surface area contributed by atoms with E-state index in [0.717, 1.165) is 0 Å². The van der Waals surface area contributed by atoms with E-state index in [9.17, 15) is 14.7 Å². The zero-order chi connectivity index (χ0) is 12.8. The molecule has 0 aliphatic carbocycles. The van der Waals surface area contributed by atoms with Crippen LogP contribution < -0.4 is 5.32 Å². The summed E-state index contributed by atoms with van der Waals surface area (Å²) in [5.41, 5.74) is -0.912. The van der Waals surface area contributed by atoms with Gasteiger partial charge in [-0.05, 0) is 0 Å². The van der Waals surface area contributed by atoms with Crippen LogP contribution in [0.25, 0.3) is 0 Å². The number of aliphatic hydroxyl groups excluding tert-OH is 2. The molecule has 8 heteroatoms. The van der Waals surface area contributed by atoms with Crippen molar-refractivity contribution in [2.45, 2.75) is 26.4 Å². The van der Waals surface area contributed by atoms with Crippen molar-refractivity contribution in [2.24, 2.45) is 5.41 Å². The summed E-state index contributed by atoms with van der Waals surface area (Å²) in [6.07, 6.45) is -1.29. The number of rotatable bonds is 6. The van der Waals surface area contributed by atoms with Gasteiger partial charge in [-0.25, -0.2) is 0 Å². The zero-order valence-corrected chi connectivity index (χ0v) is 10.5. The first-order chi connectivity index (χ1) is 7.35. The molecule has 0 aromatic rings. The molecule has 3 N–H and O–H groups in total. The summed E-state index contributed by atoms with van der Waals surface area (Å²) in [6, 6.07) is 0. The van der Waals surface area contributed by atoms with E-state index in [4.69, 9.17) is 5.11 Å². The Morgan fingerprint density at radius 2 is 2.00 bits per heavy atom. The van der Waals surface area contributed by atoms with E-state index in [1.807, 2.05) is 9.47 Å². The van der Waals surface area contributed by atoms with Crippen LogP contribution in [0.1, 0.15) is 20.3 Å². The Morgan fingerprint density at radius 3 is 2.41 bits per heavy atom. The summed E-state index contributed by atoms with van der Waals surface area (Å²) in [7, 11) is 1.81. The molecule has 2 atom stereocenters. The van der Waals surface area contributed by atoms with Crippen molar-refractivity contribution in [1.29, 1.82) is 0 Å². The van der Waals surface area contributed by atoms with Crippen molar-refractivity contribution >= 4 is 59.1 Å². The number of hydrogen-bond acceptors (Lipinski definition) is 5. The molecule has 17 heavy (non-hydrogen) atoms. The van der Waals surface area contributed by atoms with Crippen molar-refractivity contribution in [1.82, 2.24) is 5.32 Å². The van der Waals surface area contributed by atoms with Crippen molar-refractivity contribution in [3.63, 3.8) is 0 Å². The monoisotopic (exact) mass is 293 g/mol. The maximum absolute atomic E-state index is 11.4. The minimum absolute atomic E-state index is 0. The Labute approximate surface area is 133 Å². The average Bonchev–Trinajstić information content (AvgIpc) is 2.27. The van der Waals surface area contributed by atoms with Gasteiger partial charge in [-0.15, -0.1) is 0 Å². The summed E-state index contributed by atoms with van der Waals surface area (Å²) in [5, 5.41) is 20.9. The Kier molecular flexibility index (Phi) is 11.1. The van der Waals surface area contributed by atoms with Crippen LogP contribution in [0.5, 0.6) is 0 Å². The Balaban J connectivity index is 0. The average molecular weight is 293 g/mol. The Bertz CT molecular complexity index is 262. The van der Waals surface area contributed by atoms with Gasteiger partial charge in [-0.3, -0.25) is 9.59 Å². The van der Waals surface area contributed by atoms with Crippen molar-refractivity contribution in [3.05, 3.63) is 0 Å². The van der Waals surface area contributed by atoms with Gasteiger partial charge in [0.15, 0.2) is 0 Å². The number of carbonyl (C=O) groups excluding carboxylic acids is 2. The van der Waals surface area contributed by atoms with Gasteiger partial charge in [0.2, 0.25) is 5.91 Å². The molecule has 0 saturated carbocycles. The molecule has 0 radical (unpaired) electrons. The third-order valence-corrected chi connectivity index (χ3v) is 2.42. The van der Waals surface area contributed by atoms with Crippen LogP contribution in [-0.2, 0) is 14.1 Å². The van der Waals surface area contributed by atoms with Gasteiger partial charge in [0, 0.05) is 12.0 Å². The molecule has 0 rings (SSSR count). The van der Waals surface area contributed by atoms with E-state index in [1.165, 1.54) is 0 Å². The van der Waals surface area contributed by atoms with Crippen LogP contribution >= 0.6 is 9.47 Å². The maximum atomic E-state index is 11.4. The summed E-state index contributed by atoms with van der Waals surface area (Å²) in [6.45, 7) is 2.91. The van der Waals surface area contributed by atoms with Gasteiger partial charge in [0.25, 0.3) is 0 Å². The summed E-state index contributed by atoms with van der Waals surface area (Å²) in [5.74, 6) is -1.09. The SMILES string of the molecule is CC(C)(CO)[C@@H](O)C(=O)NCCC(=O)OP.[CaH2]. The molecule has 1 unspecified atom stereocenters. The van der Waals surface area contributed by atoms with Crippen molar-refractivity contribution in [2.75, 3.05) is 13.2 Å². The van der Waals surface area contributed by atoms with Crippen molar-refractivity contribution < 1.29 is 24.3 Å². The van der Waals surface area contributed by atoms with Gasteiger partial charge in [-0.2, -0.15) is 0 Å². The fourth-order valence-electron chi connectivity index (χ4n) is 0.885. The fraction of sp³-hybridized carbons (Fsp3) is 0.778. The molecular weight excluding hydrogens is 273 g/mol. The predicted octanol–water partition coefficient (Wildman–Crippen LogP) is -1.71. The van der Waals surface area contributed by atoms with Crippen LogP contribution in [0.4, 0.5) is 0 Å². The van der Waals surface area contributed by atoms with E-state index in [0.29, 0.717) is 0 Å². The molecule has 1 amide bonds. The first-order valence-electron chi connectivity index (χ1n) is 4.81. The third kappa shape index (κ3) is 7.54. The molecule has 0 fully saturated rings. The third-order valence-electron chi connectivity index (χ3n) is 2.16. The molecule has 0 spiro atoms. The second kappa shape index (κ2) is 9.48. The first kappa shape index (κ1) is 19.9. The predicted molar refractivity (Wildman–Crippen MR) is 68.8 cm³/mol. The standard InChI is InChI=1S/C9H18NO5P.Ca.2H/c1-9(2,5-11)7(13)8(14)10-4-3-6(12)15-16;;;/h7,11,13H,3-5,16H2,1-2H3,(H,10,14);;;/t7-;;;/m0.../s1. The number of hydrogen-bond donors (Lipinski definition) is 3. The molecule has 0 bridgehead atoms. The Morgan fingerprint density at radius 1 is 1.47 bits per heavy atom. The van der Waals surface area contributed by atoms with Crippen LogP contribution in [0.3, 0.4) is 0 Å². The van der Waals surface area contributed by atoms with Crippen LogP contribution in [0.2, 0.25) is 0 Å². The molecule has 0 aliphatic heterocycles. The normalized spacial score (nSPS) is 12.3. The topological polar surface area (TPSA) is 95.9 Å². The number of carbonyl (C=O) groups is 2. The summed E-state index contributed by atoms with van der Waals surface area (Å²) >= 11 is 0. The van der Waals surface area contributed by atoms with E-state index in [2.05, 4.69) is 9.84 Å². The zero-order valence-electron chi connectivity index (χ0n) is 9.40. The van der Waals surface area contributed by atoms with E-state index < -0.39 is 23.4 Å². The van der Waals surface area contributed by atoms with Gasteiger partial charge >= 0.3 is 43.7 Å². The minimum atomic E-state index is -1.32. The quantitative estimate of drug-likeness (QED) is 0.400. The molecule has 98 valence electrons. The van der Waals surface area contributed by atoms with Gasteiger partial charge in [-0.1, -0.05) is 13.8 Å². The van der Waals surface area contributed by atoms with E-state index in [-0.39, 0.29) is 57.3 Å². The Hall–Kier alpha value is 0.550. The molecular formula is C9H20CaNO5P. The van der Waals surface area contributed by atoms with Gasteiger partial charge < -0.3 is 20.1 Å². The second-order valence-electron chi connectivity index (χ2n) is 4.08. The molecule has 0 aliphatic rings. The fourth-order valence-corrected chi connectivity index (χ4v) is 1.00. The van der Waals surface area contributed by atoms with Crippen LogP contribution in [0.15, 0.2) is 0 Å². The molecule has 0 aromatic carbocycles. The molecule has 6 nitrogen and oxygen atoms in total. The molecule has 0 aromatic heterocycles. The molecule has 0 saturated heterocycles. The number of nitrogens with one attached hydrogen (secondary N) is 1. The number of aliphatic hydroxyl groups is 2. The van der Waals surface area contributed by atoms with Crippen LogP contribution in [-0.4, -0.2) is 79.1 Å². The first-order valence-corrected chi connectivity index (χ1v) is 5.28. The summed E-state index contributed by atoms with van der Waals surface area (Å²) < 4.78 is 4.30. The van der Waals surface area contributed by atoms with Crippen molar-refractivity contribution in [3.8, 4) is 0 Å².